The Morgan fingerprint density at radius 3 is 2.77 bits per heavy atom. The number of carbonyl (C=O) groups is 4. The number of carbonyl (C=O) groups excluding carboxylic acids is 4. The summed E-state index contributed by atoms with van der Waals surface area (Å²) in [6.07, 6.45) is 1.22. The van der Waals surface area contributed by atoms with Crippen LogP contribution >= 0.6 is 0 Å². The van der Waals surface area contributed by atoms with E-state index in [0.717, 1.165) is 0 Å². The fourth-order valence-corrected chi connectivity index (χ4v) is 3.49. The summed E-state index contributed by atoms with van der Waals surface area (Å²) in [5.74, 6) is -1.79. The number of hydrogen-bond donors (Lipinski definition) is 2. The highest BCUT2D eigenvalue weighted by molar-refractivity contribution is 5.99. The Kier molecular flexibility index (Phi) is 7.01. The van der Waals surface area contributed by atoms with Crippen molar-refractivity contribution in [3.63, 3.8) is 0 Å². The van der Waals surface area contributed by atoms with Gasteiger partial charge in [-0.15, -0.1) is 0 Å². The Hall–Kier alpha value is -3.27. The summed E-state index contributed by atoms with van der Waals surface area (Å²) in [5.41, 5.74) is 0.989. The number of rotatable bonds is 7. The predicted molar refractivity (Wildman–Crippen MR) is 109 cm³/mol. The summed E-state index contributed by atoms with van der Waals surface area (Å²) >= 11 is 0. The maximum atomic E-state index is 15.0. The van der Waals surface area contributed by atoms with Crippen LogP contribution in [0.15, 0.2) is 24.3 Å². The molecule has 0 radical (unpaired) electrons. The molecule has 2 atom stereocenters. The topological polar surface area (TPSA) is 114 Å². The smallest absolute Gasteiger partial charge is 0.414 e. The third-order valence-corrected chi connectivity index (χ3v) is 4.94. The van der Waals surface area contributed by atoms with Gasteiger partial charge in [-0.25, -0.2) is 9.18 Å². The van der Waals surface area contributed by atoms with Crippen LogP contribution in [0.5, 0.6) is 0 Å². The SMILES string of the molecule is CC(=O)NC[C@H]1CN(c2ccc(C3=CCCNC3C(=O)COC(C)=O)c(F)c2)C(=O)O1. The molecule has 9 nitrogen and oxygen atoms in total. The standard InChI is InChI=1S/C21H24FN3O6/c1-12(26)24-9-15-10-25(21(29)31-15)14-5-6-16(18(22)8-14)17-4-3-7-23-20(17)19(28)11-30-13(2)27/h4-6,8,15,20,23H,3,7,9-11H2,1-2H3,(H,24,26)/t15-,20?/m0/s1. The van der Waals surface area contributed by atoms with Gasteiger partial charge < -0.3 is 20.1 Å². The van der Waals surface area contributed by atoms with Crippen LogP contribution in [0.4, 0.5) is 14.9 Å². The van der Waals surface area contributed by atoms with Gasteiger partial charge in [0.1, 0.15) is 11.9 Å². The summed E-state index contributed by atoms with van der Waals surface area (Å²) in [6, 6.07) is 3.49. The van der Waals surface area contributed by atoms with Crippen molar-refractivity contribution in [1.29, 1.82) is 0 Å². The lowest BCUT2D eigenvalue weighted by Crippen LogP contribution is -2.42. The molecular formula is C21H24FN3O6. The van der Waals surface area contributed by atoms with Gasteiger partial charge in [0.05, 0.1) is 24.8 Å². The predicted octanol–water partition coefficient (Wildman–Crippen LogP) is 1.16. The van der Waals surface area contributed by atoms with E-state index in [9.17, 15) is 19.2 Å². The molecule has 0 aromatic heterocycles. The van der Waals surface area contributed by atoms with Crippen molar-refractivity contribution in [1.82, 2.24) is 10.6 Å². The number of nitrogens with zero attached hydrogens (tertiary/aromatic N) is 1. The van der Waals surface area contributed by atoms with Crippen molar-refractivity contribution in [3.8, 4) is 0 Å². The van der Waals surface area contributed by atoms with E-state index in [1.165, 1.54) is 30.9 Å². The number of halogens is 1. The van der Waals surface area contributed by atoms with Crippen LogP contribution in [-0.2, 0) is 23.9 Å². The molecule has 0 spiro atoms. The molecule has 166 valence electrons. The Morgan fingerprint density at radius 1 is 1.32 bits per heavy atom. The van der Waals surface area contributed by atoms with Crippen molar-refractivity contribution in [2.24, 2.45) is 0 Å². The lowest BCUT2D eigenvalue weighted by atomic mass is 9.91. The van der Waals surface area contributed by atoms with E-state index in [2.05, 4.69) is 10.6 Å². The molecule has 2 heterocycles. The molecule has 1 fully saturated rings. The van der Waals surface area contributed by atoms with Gasteiger partial charge in [-0.1, -0.05) is 6.08 Å². The first kappa shape index (κ1) is 22.4. The molecule has 0 saturated carbocycles. The number of hydrogen-bond acceptors (Lipinski definition) is 7. The maximum Gasteiger partial charge on any atom is 0.414 e. The first-order valence-electron chi connectivity index (χ1n) is 9.88. The Morgan fingerprint density at radius 2 is 2.10 bits per heavy atom. The number of Topliss-reactive ketones (excluding diaryl/α,β-unsaturated/α-hetero) is 1. The van der Waals surface area contributed by atoms with Crippen LogP contribution in [0.25, 0.3) is 5.57 Å². The van der Waals surface area contributed by atoms with Gasteiger partial charge in [0, 0.05) is 19.4 Å². The molecule has 0 aliphatic carbocycles. The van der Waals surface area contributed by atoms with Gasteiger partial charge in [0.2, 0.25) is 5.91 Å². The van der Waals surface area contributed by atoms with Crippen LogP contribution in [0, 0.1) is 5.82 Å². The van der Waals surface area contributed by atoms with Crippen LogP contribution in [0.3, 0.4) is 0 Å². The average Bonchev–Trinajstić information content (AvgIpc) is 3.11. The zero-order valence-corrected chi connectivity index (χ0v) is 17.3. The van der Waals surface area contributed by atoms with E-state index < -0.39 is 36.6 Å². The summed E-state index contributed by atoms with van der Waals surface area (Å²) in [4.78, 5) is 47.9. The number of esters is 1. The zero-order chi connectivity index (χ0) is 22.5. The van der Waals surface area contributed by atoms with Crippen molar-refractivity contribution in [2.45, 2.75) is 32.4 Å². The molecule has 2 N–H and O–H groups in total. The third-order valence-electron chi connectivity index (χ3n) is 4.94. The van der Waals surface area contributed by atoms with Crippen LogP contribution in [0.2, 0.25) is 0 Å². The van der Waals surface area contributed by atoms with Crippen LogP contribution in [0.1, 0.15) is 25.8 Å². The van der Waals surface area contributed by atoms with Gasteiger partial charge >= 0.3 is 12.1 Å². The number of anilines is 1. The summed E-state index contributed by atoms with van der Waals surface area (Å²) in [6.45, 7) is 3.05. The Balaban J connectivity index is 1.76. The highest BCUT2D eigenvalue weighted by atomic mass is 19.1. The molecule has 3 rings (SSSR count). The van der Waals surface area contributed by atoms with E-state index in [0.29, 0.717) is 24.2 Å². The highest BCUT2D eigenvalue weighted by Gasteiger charge is 2.33. The Labute approximate surface area is 178 Å². The molecule has 1 saturated heterocycles. The van der Waals surface area contributed by atoms with Gasteiger partial charge in [-0.2, -0.15) is 0 Å². The van der Waals surface area contributed by atoms with E-state index in [4.69, 9.17) is 9.47 Å². The summed E-state index contributed by atoms with van der Waals surface area (Å²) in [7, 11) is 0. The quantitative estimate of drug-likeness (QED) is 0.621. The minimum Gasteiger partial charge on any atom is -0.458 e. The first-order valence-corrected chi connectivity index (χ1v) is 9.88. The maximum absolute atomic E-state index is 15.0. The lowest BCUT2D eigenvalue weighted by molar-refractivity contribution is -0.145. The summed E-state index contributed by atoms with van der Waals surface area (Å²) in [5, 5.41) is 5.61. The van der Waals surface area contributed by atoms with Crippen molar-refractivity contribution < 1.29 is 33.0 Å². The van der Waals surface area contributed by atoms with E-state index in [1.807, 2.05) is 0 Å². The average molecular weight is 433 g/mol. The van der Waals surface area contributed by atoms with E-state index in [-0.39, 0.29) is 30.3 Å². The third kappa shape index (κ3) is 5.46. The number of ether oxygens (including phenoxy) is 2. The summed E-state index contributed by atoms with van der Waals surface area (Å²) < 4.78 is 25.0. The van der Waals surface area contributed by atoms with Gasteiger partial charge in [-0.3, -0.25) is 19.3 Å². The molecule has 2 aliphatic heterocycles. The monoisotopic (exact) mass is 433 g/mol. The largest absolute Gasteiger partial charge is 0.458 e. The second-order valence-corrected chi connectivity index (χ2v) is 7.30. The van der Waals surface area contributed by atoms with E-state index >= 15 is 4.39 Å². The van der Waals surface area contributed by atoms with Crippen molar-refractivity contribution >= 4 is 35.0 Å². The molecule has 10 heteroatoms. The fourth-order valence-electron chi connectivity index (χ4n) is 3.49. The Bertz CT molecular complexity index is 932. The van der Waals surface area contributed by atoms with Crippen molar-refractivity contribution in [3.05, 3.63) is 35.7 Å². The first-order chi connectivity index (χ1) is 14.8. The number of nitrogens with one attached hydrogen (secondary N) is 2. The molecule has 1 aromatic rings. The minimum absolute atomic E-state index is 0.169. The fraction of sp³-hybridized carbons (Fsp3) is 0.429. The second kappa shape index (κ2) is 9.69. The number of cyclic esters (lactones) is 1. The lowest BCUT2D eigenvalue weighted by Gasteiger charge is -2.25. The highest BCUT2D eigenvalue weighted by Crippen LogP contribution is 2.30. The van der Waals surface area contributed by atoms with Gasteiger partial charge in [-0.05, 0) is 36.7 Å². The molecule has 31 heavy (non-hydrogen) atoms. The van der Waals surface area contributed by atoms with Crippen LogP contribution in [-0.4, -0.2) is 62.1 Å². The molecule has 0 bridgehead atoms. The number of amides is 2. The number of ketones is 1. The minimum atomic E-state index is -0.799. The molecule has 1 aromatic carbocycles. The second-order valence-electron chi connectivity index (χ2n) is 7.30. The molecule has 2 aliphatic rings. The molecular weight excluding hydrogens is 409 g/mol. The van der Waals surface area contributed by atoms with Gasteiger partial charge in [0.25, 0.3) is 0 Å². The molecule has 2 amide bonds. The van der Waals surface area contributed by atoms with Gasteiger partial charge in [0.15, 0.2) is 12.4 Å². The zero-order valence-electron chi connectivity index (χ0n) is 17.3. The van der Waals surface area contributed by atoms with Crippen LogP contribution < -0.4 is 15.5 Å². The normalized spacial score (nSPS) is 20.7. The molecule has 1 unspecified atom stereocenters. The number of benzene rings is 1. The van der Waals surface area contributed by atoms with E-state index in [1.54, 1.807) is 12.1 Å². The van der Waals surface area contributed by atoms with Crippen molar-refractivity contribution in [2.75, 3.05) is 31.1 Å².